The van der Waals surface area contributed by atoms with Crippen LogP contribution in [0.5, 0.6) is 0 Å². The molecule has 10 heteroatoms. The highest BCUT2D eigenvalue weighted by Gasteiger charge is 2.41. The molecule has 0 aromatic heterocycles. The van der Waals surface area contributed by atoms with Crippen LogP contribution < -0.4 is 5.32 Å². The van der Waals surface area contributed by atoms with Crippen molar-refractivity contribution in [3.63, 3.8) is 0 Å². The molecule has 1 amide bonds. The van der Waals surface area contributed by atoms with Crippen LogP contribution >= 0.6 is 11.6 Å². The molecule has 0 aliphatic rings. The monoisotopic (exact) mass is 565 g/mol. The maximum absolute atomic E-state index is 14.7. The molecule has 1 N–H and O–H groups in total. The molecule has 0 heterocycles. The molecule has 2 nitrogen and oxygen atoms in total. The van der Waals surface area contributed by atoms with Crippen LogP contribution in [0.4, 0.5) is 30.7 Å². The molecule has 4 aromatic carbocycles. The third-order valence-electron chi connectivity index (χ3n) is 6.19. The van der Waals surface area contributed by atoms with Crippen molar-refractivity contribution in [3.8, 4) is 0 Å². The van der Waals surface area contributed by atoms with Gasteiger partial charge in [-0.2, -0.15) is 26.3 Å². The molecule has 0 spiro atoms. The zero-order valence-corrected chi connectivity index (χ0v) is 20.6. The first-order valence-corrected chi connectivity index (χ1v) is 11.8. The van der Waals surface area contributed by atoms with E-state index in [-0.39, 0.29) is 22.6 Å². The van der Waals surface area contributed by atoms with Crippen LogP contribution in [0.1, 0.15) is 38.2 Å². The molecule has 0 bridgehead atoms. The van der Waals surface area contributed by atoms with Crippen molar-refractivity contribution in [3.05, 3.63) is 141 Å². The van der Waals surface area contributed by atoms with Crippen LogP contribution in [0.15, 0.2) is 97.1 Å². The summed E-state index contributed by atoms with van der Waals surface area (Å²) in [5.74, 6) is -2.13. The van der Waals surface area contributed by atoms with Gasteiger partial charge < -0.3 is 5.32 Å². The van der Waals surface area contributed by atoms with Crippen LogP contribution in [0.2, 0.25) is 5.02 Å². The van der Waals surface area contributed by atoms with Crippen molar-refractivity contribution in [2.24, 2.45) is 0 Å². The number of nitrogens with one attached hydrogen (secondary N) is 1. The third kappa shape index (κ3) is 6.09. The van der Waals surface area contributed by atoms with Crippen molar-refractivity contribution in [1.29, 1.82) is 0 Å². The minimum atomic E-state index is -4.79. The minimum Gasteiger partial charge on any atom is -0.338 e. The van der Waals surface area contributed by atoms with E-state index in [1.165, 1.54) is 24.3 Å². The number of carbonyl (C=O) groups is 1. The highest BCUT2D eigenvalue weighted by atomic mass is 35.5. The Labute approximate surface area is 224 Å². The van der Waals surface area contributed by atoms with Gasteiger partial charge in [-0.05, 0) is 53.1 Å². The maximum atomic E-state index is 14.7. The lowest BCUT2D eigenvalue weighted by molar-refractivity contribution is -0.138. The van der Waals surface area contributed by atoms with E-state index in [9.17, 15) is 35.5 Å². The van der Waals surface area contributed by atoms with Crippen molar-refractivity contribution in [2.45, 2.75) is 24.3 Å². The highest BCUT2D eigenvalue weighted by Crippen LogP contribution is 2.40. The molecular formula is C29H19ClF7NO. The van der Waals surface area contributed by atoms with Gasteiger partial charge in [0.25, 0.3) is 5.91 Å². The molecule has 4 rings (SSSR count). The average molecular weight is 566 g/mol. The Balaban J connectivity index is 2.03. The van der Waals surface area contributed by atoms with E-state index in [0.717, 1.165) is 42.5 Å². The molecular weight excluding hydrogens is 547 g/mol. The van der Waals surface area contributed by atoms with Crippen LogP contribution in [-0.4, -0.2) is 5.91 Å². The van der Waals surface area contributed by atoms with E-state index in [1.54, 1.807) is 30.3 Å². The Morgan fingerprint density at radius 2 is 1.15 bits per heavy atom. The lowest BCUT2D eigenvalue weighted by atomic mass is 9.76. The van der Waals surface area contributed by atoms with Gasteiger partial charge in [0, 0.05) is 6.42 Å². The Hall–Kier alpha value is -3.85. The summed E-state index contributed by atoms with van der Waals surface area (Å²) in [6.07, 6.45) is -9.85. The first kappa shape index (κ1) is 28.2. The third-order valence-corrected chi connectivity index (χ3v) is 6.51. The van der Waals surface area contributed by atoms with Gasteiger partial charge >= 0.3 is 12.4 Å². The summed E-state index contributed by atoms with van der Waals surface area (Å²) < 4.78 is 97.1. The highest BCUT2D eigenvalue weighted by molar-refractivity contribution is 6.33. The number of halogens is 8. The summed E-state index contributed by atoms with van der Waals surface area (Å²) in [5.41, 5.74) is -4.62. The second-order valence-corrected chi connectivity index (χ2v) is 9.18. The number of alkyl halides is 6. The molecule has 0 aliphatic carbocycles. The van der Waals surface area contributed by atoms with E-state index in [2.05, 4.69) is 5.32 Å². The number of amides is 1. The number of benzene rings is 4. The summed E-state index contributed by atoms with van der Waals surface area (Å²) in [6, 6.07) is 19.5. The Bertz CT molecular complexity index is 1410. The number of hydrogen-bond acceptors (Lipinski definition) is 1. The van der Waals surface area contributed by atoms with Gasteiger partial charge in [0.05, 0.1) is 27.3 Å². The molecule has 0 saturated carbocycles. The van der Waals surface area contributed by atoms with E-state index in [1.807, 2.05) is 0 Å². The minimum absolute atomic E-state index is 0.165. The summed E-state index contributed by atoms with van der Waals surface area (Å²) in [4.78, 5) is 13.5. The second kappa shape index (κ2) is 10.7. The van der Waals surface area contributed by atoms with E-state index in [0.29, 0.717) is 5.56 Å². The molecule has 0 radical (unpaired) electrons. The second-order valence-electron chi connectivity index (χ2n) is 8.78. The molecule has 0 atom stereocenters. The summed E-state index contributed by atoms with van der Waals surface area (Å²) in [5, 5.41) is 2.29. The predicted molar refractivity (Wildman–Crippen MR) is 133 cm³/mol. The number of rotatable bonds is 6. The number of carbonyl (C=O) groups excluding carboxylic acids is 1. The van der Waals surface area contributed by atoms with Gasteiger partial charge in [-0.3, -0.25) is 4.79 Å². The van der Waals surface area contributed by atoms with Gasteiger partial charge in [-0.1, -0.05) is 72.3 Å². The quantitative estimate of drug-likeness (QED) is 0.234. The SMILES string of the molecule is O=C(NC(Cc1ccccc1)(c1cccc(C(F)(F)F)c1)c1cccc(C(F)(F)F)c1)c1c(F)cccc1Cl. The summed E-state index contributed by atoms with van der Waals surface area (Å²) >= 11 is 6.08. The van der Waals surface area contributed by atoms with Crippen molar-refractivity contribution in [2.75, 3.05) is 0 Å². The van der Waals surface area contributed by atoms with E-state index < -0.39 is 46.3 Å². The van der Waals surface area contributed by atoms with Crippen LogP contribution in [0.25, 0.3) is 0 Å². The summed E-state index contributed by atoms with van der Waals surface area (Å²) in [6.45, 7) is 0. The zero-order valence-electron chi connectivity index (χ0n) is 19.9. The van der Waals surface area contributed by atoms with Gasteiger partial charge in [-0.25, -0.2) is 4.39 Å². The van der Waals surface area contributed by atoms with Gasteiger partial charge in [-0.15, -0.1) is 0 Å². The largest absolute Gasteiger partial charge is 0.416 e. The normalized spacial score (nSPS) is 12.3. The molecule has 4 aromatic rings. The zero-order chi connectivity index (χ0) is 28.4. The van der Waals surface area contributed by atoms with Crippen LogP contribution in [0, 0.1) is 5.82 Å². The maximum Gasteiger partial charge on any atom is 0.416 e. The Kier molecular flexibility index (Phi) is 7.75. The van der Waals surface area contributed by atoms with Crippen LogP contribution in [-0.2, 0) is 24.3 Å². The van der Waals surface area contributed by atoms with Gasteiger partial charge in [0.1, 0.15) is 5.82 Å². The lowest BCUT2D eigenvalue weighted by Crippen LogP contribution is -2.49. The van der Waals surface area contributed by atoms with Crippen molar-refractivity contribution in [1.82, 2.24) is 5.32 Å². The molecule has 202 valence electrons. The Morgan fingerprint density at radius 3 is 1.64 bits per heavy atom. The van der Waals surface area contributed by atoms with E-state index in [4.69, 9.17) is 11.6 Å². The molecule has 39 heavy (non-hydrogen) atoms. The first-order valence-electron chi connectivity index (χ1n) is 11.5. The smallest absolute Gasteiger partial charge is 0.338 e. The average Bonchev–Trinajstić information content (AvgIpc) is 2.88. The van der Waals surface area contributed by atoms with E-state index >= 15 is 0 Å². The predicted octanol–water partition coefficient (Wildman–Crippen LogP) is 8.43. The lowest BCUT2D eigenvalue weighted by Gasteiger charge is -2.37. The van der Waals surface area contributed by atoms with Crippen molar-refractivity contribution < 1.29 is 35.5 Å². The first-order chi connectivity index (χ1) is 18.3. The fourth-order valence-electron chi connectivity index (χ4n) is 4.35. The molecule has 0 unspecified atom stereocenters. The fourth-order valence-corrected chi connectivity index (χ4v) is 4.60. The van der Waals surface area contributed by atoms with Crippen LogP contribution in [0.3, 0.4) is 0 Å². The molecule has 0 aliphatic heterocycles. The fraction of sp³-hybridized carbons (Fsp3) is 0.138. The topological polar surface area (TPSA) is 29.1 Å². The standard InChI is InChI=1S/C29H19ClF7NO/c30-23-13-6-14-24(31)25(23)26(39)38-27(17-18-7-2-1-3-8-18,19-9-4-11-21(15-19)28(32,33)34)20-10-5-12-22(16-20)29(35,36)37/h1-16H,17H2,(H,38,39). The number of hydrogen-bond donors (Lipinski definition) is 1. The van der Waals surface area contributed by atoms with Gasteiger partial charge in [0.2, 0.25) is 0 Å². The Morgan fingerprint density at radius 1 is 0.667 bits per heavy atom. The van der Waals surface area contributed by atoms with Gasteiger partial charge in [0.15, 0.2) is 0 Å². The summed E-state index contributed by atoms with van der Waals surface area (Å²) in [7, 11) is 0. The van der Waals surface area contributed by atoms with Crippen molar-refractivity contribution >= 4 is 17.5 Å². The molecule has 0 fully saturated rings. The molecule has 0 saturated heterocycles.